The first kappa shape index (κ1) is 28.2. The molecule has 0 bridgehead atoms. The molecule has 0 unspecified atom stereocenters. The van der Waals surface area contributed by atoms with Gasteiger partial charge in [-0.15, -0.1) is 0 Å². The standard InChI is InChI=1S/C29H26Cl3N5O3/c1-35-17-24(29(39)33-15-19-4-6-22(30)7-5-19)26(38)23-14-20(16-36-9-11-40-12-10-36)13-21(25(23)35)3-2-8-37-18-34-27(31)28(37)32/h4-7,13-14,17-18H,8-12,15-16H2,1H3,(H,33,39). The second-order valence-corrected chi connectivity index (χ2v) is 10.6. The first-order valence-corrected chi connectivity index (χ1v) is 13.8. The predicted molar refractivity (Wildman–Crippen MR) is 157 cm³/mol. The van der Waals surface area contributed by atoms with E-state index >= 15 is 0 Å². The summed E-state index contributed by atoms with van der Waals surface area (Å²) in [6.45, 7) is 4.09. The number of amides is 1. The number of nitrogens with one attached hydrogen (secondary N) is 1. The molecule has 0 atom stereocenters. The molecule has 1 saturated heterocycles. The van der Waals surface area contributed by atoms with E-state index in [9.17, 15) is 9.59 Å². The molecule has 40 heavy (non-hydrogen) atoms. The van der Waals surface area contributed by atoms with Gasteiger partial charge in [0.25, 0.3) is 5.91 Å². The number of ether oxygens (including phenoxy) is 1. The molecule has 2 aromatic heterocycles. The van der Waals surface area contributed by atoms with Gasteiger partial charge in [-0.2, -0.15) is 0 Å². The Morgan fingerprint density at radius 2 is 1.85 bits per heavy atom. The number of hydrogen-bond donors (Lipinski definition) is 1. The van der Waals surface area contributed by atoms with Gasteiger partial charge >= 0.3 is 0 Å². The highest BCUT2D eigenvalue weighted by Gasteiger charge is 2.18. The van der Waals surface area contributed by atoms with E-state index in [1.165, 1.54) is 6.33 Å². The number of imidazole rings is 1. The molecular formula is C29H26Cl3N5O3. The van der Waals surface area contributed by atoms with Crippen molar-refractivity contribution in [2.75, 3.05) is 26.3 Å². The van der Waals surface area contributed by atoms with Crippen LogP contribution >= 0.6 is 34.8 Å². The van der Waals surface area contributed by atoms with Crippen molar-refractivity contribution in [3.05, 3.63) is 96.7 Å². The average Bonchev–Trinajstić information content (AvgIpc) is 3.27. The monoisotopic (exact) mass is 597 g/mol. The average molecular weight is 599 g/mol. The summed E-state index contributed by atoms with van der Waals surface area (Å²) in [5.74, 6) is 5.87. The van der Waals surface area contributed by atoms with E-state index in [4.69, 9.17) is 39.5 Å². The Labute approximate surface area is 246 Å². The van der Waals surface area contributed by atoms with Crippen LogP contribution in [0.25, 0.3) is 10.9 Å². The Hall–Kier alpha value is -3.32. The summed E-state index contributed by atoms with van der Waals surface area (Å²) in [7, 11) is 1.80. The van der Waals surface area contributed by atoms with Crippen molar-refractivity contribution in [1.29, 1.82) is 0 Å². The van der Waals surface area contributed by atoms with Crippen molar-refractivity contribution in [2.24, 2.45) is 7.05 Å². The molecule has 3 heterocycles. The molecule has 4 aromatic rings. The molecule has 8 nitrogen and oxygen atoms in total. The first-order valence-electron chi connectivity index (χ1n) is 12.6. The minimum atomic E-state index is -0.449. The molecule has 5 rings (SSSR count). The zero-order valence-corrected chi connectivity index (χ0v) is 24.0. The Morgan fingerprint density at radius 1 is 1.10 bits per heavy atom. The Morgan fingerprint density at radius 3 is 2.55 bits per heavy atom. The predicted octanol–water partition coefficient (Wildman–Crippen LogP) is 4.51. The number of aryl methyl sites for hydroxylation is 1. The molecule has 11 heteroatoms. The Kier molecular flexibility index (Phi) is 8.79. The highest BCUT2D eigenvalue weighted by atomic mass is 35.5. The van der Waals surface area contributed by atoms with Crippen molar-refractivity contribution < 1.29 is 9.53 Å². The lowest BCUT2D eigenvalue weighted by molar-refractivity contribution is 0.0342. The SMILES string of the molecule is Cn1cc(C(=O)NCc2ccc(Cl)cc2)c(=O)c2cc(CN3CCOCC3)cc(C#CCn3cnc(Cl)c3Cl)c21. The molecule has 0 radical (unpaired) electrons. The van der Waals surface area contributed by atoms with Crippen LogP contribution in [-0.4, -0.2) is 51.2 Å². The number of pyridine rings is 1. The van der Waals surface area contributed by atoms with Crippen LogP contribution in [0.3, 0.4) is 0 Å². The fraction of sp³-hybridized carbons (Fsp3) is 0.276. The zero-order chi connectivity index (χ0) is 28.2. The number of rotatable bonds is 6. The van der Waals surface area contributed by atoms with E-state index in [0.29, 0.717) is 46.4 Å². The molecule has 1 N–H and O–H groups in total. The largest absolute Gasteiger partial charge is 0.379 e. The Bertz CT molecular complexity index is 1680. The number of halogens is 3. The summed E-state index contributed by atoms with van der Waals surface area (Å²) in [5, 5.41) is 4.41. The van der Waals surface area contributed by atoms with Gasteiger partial charge < -0.3 is 19.2 Å². The van der Waals surface area contributed by atoms with Crippen molar-refractivity contribution in [3.63, 3.8) is 0 Å². The van der Waals surface area contributed by atoms with Gasteiger partial charge in [0.05, 0.1) is 31.6 Å². The fourth-order valence-electron chi connectivity index (χ4n) is 4.63. The van der Waals surface area contributed by atoms with E-state index in [1.54, 1.807) is 34.5 Å². The third kappa shape index (κ3) is 6.35. The highest BCUT2D eigenvalue weighted by Crippen LogP contribution is 2.22. The fourth-order valence-corrected chi connectivity index (χ4v) is 5.06. The number of carbonyl (C=O) groups is 1. The second-order valence-electron chi connectivity index (χ2n) is 9.48. The van der Waals surface area contributed by atoms with Crippen LogP contribution in [0, 0.1) is 11.8 Å². The minimum Gasteiger partial charge on any atom is -0.379 e. The molecule has 0 spiro atoms. The van der Waals surface area contributed by atoms with Gasteiger partial charge in [0, 0.05) is 55.4 Å². The molecule has 206 valence electrons. The number of morpholine rings is 1. The van der Waals surface area contributed by atoms with Crippen LogP contribution in [0.4, 0.5) is 0 Å². The minimum absolute atomic E-state index is 0.0613. The number of aromatic nitrogens is 3. The topological polar surface area (TPSA) is 81.4 Å². The molecule has 1 aliphatic rings. The van der Waals surface area contributed by atoms with E-state index in [2.05, 4.69) is 27.0 Å². The number of fused-ring (bicyclic) bond motifs is 1. The molecule has 1 aliphatic heterocycles. The second kappa shape index (κ2) is 12.5. The molecule has 0 aliphatic carbocycles. The van der Waals surface area contributed by atoms with E-state index in [-0.39, 0.29) is 29.2 Å². The number of nitrogens with zero attached hydrogens (tertiary/aromatic N) is 4. The smallest absolute Gasteiger partial charge is 0.257 e. The Balaban J connectivity index is 1.51. The lowest BCUT2D eigenvalue weighted by atomic mass is 10.0. The summed E-state index contributed by atoms with van der Waals surface area (Å²) in [6.07, 6.45) is 3.08. The van der Waals surface area contributed by atoms with Gasteiger partial charge in [-0.25, -0.2) is 4.98 Å². The number of carbonyl (C=O) groups excluding carboxylic acids is 1. The maximum atomic E-state index is 13.7. The lowest BCUT2D eigenvalue weighted by Crippen LogP contribution is -2.35. The summed E-state index contributed by atoms with van der Waals surface area (Å²) in [4.78, 5) is 33.1. The molecular weight excluding hydrogens is 573 g/mol. The highest BCUT2D eigenvalue weighted by molar-refractivity contribution is 6.40. The normalized spacial score (nSPS) is 13.7. The van der Waals surface area contributed by atoms with Crippen molar-refractivity contribution in [3.8, 4) is 11.8 Å². The lowest BCUT2D eigenvalue weighted by Gasteiger charge is -2.26. The van der Waals surface area contributed by atoms with Gasteiger partial charge in [-0.3, -0.25) is 14.5 Å². The third-order valence-electron chi connectivity index (χ3n) is 6.66. The van der Waals surface area contributed by atoms with Gasteiger partial charge in [-0.1, -0.05) is 58.8 Å². The van der Waals surface area contributed by atoms with Crippen LogP contribution in [-0.2, 0) is 31.4 Å². The molecule has 0 saturated carbocycles. The van der Waals surface area contributed by atoms with E-state index < -0.39 is 5.91 Å². The van der Waals surface area contributed by atoms with Gasteiger partial charge in [0.1, 0.15) is 10.7 Å². The van der Waals surface area contributed by atoms with E-state index in [0.717, 1.165) is 24.2 Å². The molecule has 2 aromatic carbocycles. The summed E-state index contributed by atoms with van der Waals surface area (Å²) in [6, 6.07) is 11.0. The van der Waals surface area contributed by atoms with Gasteiger partial charge in [0.15, 0.2) is 5.15 Å². The summed E-state index contributed by atoms with van der Waals surface area (Å²) < 4.78 is 8.89. The van der Waals surface area contributed by atoms with Crippen LogP contribution < -0.4 is 10.7 Å². The zero-order valence-electron chi connectivity index (χ0n) is 21.7. The van der Waals surface area contributed by atoms with Crippen LogP contribution in [0.5, 0.6) is 0 Å². The van der Waals surface area contributed by atoms with Gasteiger partial charge in [0.2, 0.25) is 5.43 Å². The quantitative estimate of drug-likeness (QED) is 0.331. The summed E-state index contributed by atoms with van der Waals surface area (Å²) >= 11 is 18.1. The first-order chi connectivity index (χ1) is 19.3. The molecule has 1 fully saturated rings. The van der Waals surface area contributed by atoms with Crippen LogP contribution in [0.1, 0.15) is 27.0 Å². The maximum absolute atomic E-state index is 13.7. The van der Waals surface area contributed by atoms with Crippen LogP contribution in [0.2, 0.25) is 15.3 Å². The molecule has 1 amide bonds. The number of hydrogen-bond acceptors (Lipinski definition) is 5. The van der Waals surface area contributed by atoms with Crippen molar-refractivity contribution in [1.82, 2.24) is 24.3 Å². The maximum Gasteiger partial charge on any atom is 0.257 e. The van der Waals surface area contributed by atoms with Crippen LogP contribution in [0.15, 0.2) is 53.7 Å². The number of benzene rings is 2. The van der Waals surface area contributed by atoms with Crippen molar-refractivity contribution in [2.45, 2.75) is 19.6 Å². The van der Waals surface area contributed by atoms with Gasteiger partial charge in [-0.05, 0) is 35.4 Å². The summed E-state index contributed by atoms with van der Waals surface area (Å²) in [5.41, 5.74) is 2.84. The van der Waals surface area contributed by atoms with Crippen molar-refractivity contribution >= 4 is 51.6 Å². The van der Waals surface area contributed by atoms with E-state index in [1.807, 2.05) is 24.3 Å². The third-order valence-corrected chi connectivity index (χ3v) is 7.68.